The highest BCUT2D eigenvalue weighted by molar-refractivity contribution is 9.10. The molecule has 1 aliphatic carbocycles. The number of carbonyl (C=O) groups is 1. The lowest BCUT2D eigenvalue weighted by molar-refractivity contribution is 0.101. The van der Waals surface area contributed by atoms with Crippen LogP contribution >= 0.6 is 15.9 Å². The number of ether oxygens (including phenoxy) is 1. The van der Waals surface area contributed by atoms with Crippen molar-refractivity contribution in [2.45, 2.75) is 18.8 Å². The van der Waals surface area contributed by atoms with Crippen LogP contribution in [-0.4, -0.2) is 28.2 Å². The van der Waals surface area contributed by atoms with Crippen molar-refractivity contribution in [1.29, 1.82) is 0 Å². The lowest BCUT2D eigenvalue weighted by Crippen LogP contribution is -2.14. The van der Waals surface area contributed by atoms with Gasteiger partial charge >= 0.3 is 0 Å². The van der Waals surface area contributed by atoms with Crippen LogP contribution in [0.25, 0.3) is 0 Å². The fraction of sp³-hybridized carbons (Fsp3) is 0.308. The maximum atomic E-state index is 12.1. The molecular formula is C13H13BrN4O2. The molecular weight excluding hydrogens is 324 g/mol. The summed E-state index contributed by atoms with van der Waals surface area (Å²) in [6.45, 7) is 0. The van der Waals surface area contributed by atoms with Gasteiger partial charge in [-0.2, -0.15) is 0 Å². The molecule has 1 saturated carbocycles. The maximum Gasteiger partial charge on any atom is 0.295 e. The van der Waals surface area contributed by atoms with Crippen LogP contribution in [0, 0.1) is 0 Å². The van der Waals surface area contributed by atoms with Gasteiger partial charge in [-0.15, -0.1) is 5.10 Å². The molecule has 1 amide bonds. The molecule has 0 spiro atoms. The van der Waals surface area contributed by atoms with Crippen LogP contribution < -0.4 is 10.1 Å². The third-order valence-corrected chi connectivity index (χ3v) is 3.57. The predicted molar refractivity (Wildman–Crippen MR) is 77.0 cm³/mol. The Morgan fingerprint density at radius 3 is 3.00 bits per heavy atom. The molecule has 0 aliphatic heterocycles. The van der Waals surface area contributed by atoms with E-state index in [0.717, 1.165) is 23.1 Å². The van der Waals surface area contributed by atoms with Gasteiger partial charge in [0.05, 0.1) is 12.8 Å². The number of nitrogens with zero attached hydrogens (tertiary/aromatic N) is 2. The third-order valence-electron chi connectivity index (χ3n) is 3.08. The number of anilines is 1. The van der Waals surface area contributed by atoms with E-state index in [1.165, 1.54) is 0 Å². The van der Waals surface area contributed by atoms with Crippen LogP contribution in [0.1, 0.15) is 35.2 Å². The van der Waals surface area contributed by atoms with E-state index in [4.69, 9.17) is 4.74 Å². The van der Waals surface area contributed by atoms with Crippen LogP contribution in [0.4, 0.5) is 5.69 Å². The molecule has 0 atom stereocenters. The van der Waals surface area contributed by atoms with Gasteiger partial charge in [0.25, 0.3) is 5.91 Å². The number of benzene rings is 1. The summed E-state index contributed by atoms with van der Waals surface area (Å²) in [5, 5.41) is 9.51. The van der Waals surface area contributed by atoms with Crippen molar-refractivity contribution in [3.8, 4) is 5.75 Å². The number of methoxy groups -OCH3 is 1. The van der Waals surface area contributed by atoms with Crippen molar-refractivity contribution in [2.24, 2.45) is 0 Å². The number of hydrogen-bond acceptors (Lipinski definition) is 4. The van der Waals surface area contributed by atoms with Crippen molar-refractivity contribution >= 4 is 27.5 Å². The van der Waals surface area contributed by atoms with E-state index in [0.29, 0.717) is 17.4 Å². The summed E-state index contributed by atoms with van der Waals surface area (Å²) >= 11 is 3.36. The van der Waals surface area contributed by atoms with E-state index in [1.807, 2.05) is 6.07 Å². The largest absolute Gasteiger partial charge is 0.495 e. The molecule has 0 saturated heterocycles. The van der Waals surface area contributed by atoms with Gasteiger partial charge in [-0.1, -0.05) is 15.9 Å². The summed E-state index contributed by atoms with van der Waals surface area (Å²) in [5.41, 5.74) is 0.574. The van der Waals surface area contributed by atoms with Crippen LogP contribution in [0.15, 0.2) is 22.7 Å². The monoisotopic (exact) mass is 336 g/mol. The molecule has 1 aromatic carbocycles. The lowest BCUT2D eigenvalue weighted by atomic mass is 10.3. The van der Waals surface area contributed by atoms with Gasteiger partial charge in [-0.05, 0) is 31.0 Å². The molecule has 2 N–H and O–H groups in total. The molecule has 7 heteroatoms. The zero-order valence-corrected chi connectivity index (χ0v) is 12.4. The Labute approximate surface area is 124 Å². The molecule has 104 valence electrons. The average Bonchev–Trinajstić information content (AvgIpc) is 3.16. The normalized spacial score (nSPS) is 14.1. The minimum atomic E-state index is -0.357. The van der Waals surface area contributed by atoms with Gasteiger partial charge in [0.1, 0.15) is 11.6 Å². The Morgan fingerprint density at radius 2 is 2.30 bits per heavy atom. The SMILES string of the molecule is COc1ccc(Br)cc1NC(=O)c1n[nH]c(C2CC2)n1. The van der Waals surface area contributed by atoms with Crippen molar-refractivity contribution in [2.75, 3.05) is 12.4 Å². The van der Waals surface area contributed by atoms with Gasteiger partial charge in [-0.25, -0.2) is 4.98 Å². The second-order valence-corrected chi connectivity index (χ2v) is 5.53. The molecule has 0 radical (unpaired) electrons. The van der Waals surface area contributed by atoms with Crippen molar-refractivity contribution in [1.82, 2.24) is 15.2 Å². The summed E-state index contributed by atoms with van der Waals surface area (Å²) in [6, 6.07) is 5.38. The molecule has 3 rings (SSSR count). The van der Waals surface area contributed by atoms with E-state index in [2.05, 4.69) is 36.4 Å². The van der Waals surface area contributed by atoms with Crippen LogP contribution in [0.2, 0.25) is 0 Å². The highest BCUT2D eigenvalue weighted by atomic mass is 79.9. The first-order chi connectivity index (χ1) is 9.67. The number of halogens is 1. The highest BCUT2D eigenvalue weighted by Crippen LogP contribution is 2.37. The van der Waals surface area contributed by atoms with Crippen LogP contribution in [0.3, 0.4) is 0 Å². The topological polar surface area (TPSA) is 79.9 Å². The van der Waals surface area contributed by atoms with E-state index in [9.17, 15) is 4.79 Å². The first kappa shape index (κ1) is 13.1. The van der Waals surface area contributed by atoms with Gasteiger partial charge in [0.2, 0.25) is 5.82 Å². The standard InChI is InChI=1S/C13H13BrN4O2/c1-20-10-5-4-8(14)6-9(10)15-13(19)12-16-11(17-18-12)7-2-3-7/h4-7H,2-3H2,1H3,(H,15,19)(H,16,17,18). The molecule has 1 heterocycles. The predicted octanol–water partition coefficient (Wildman–Crippen LogP) is 2.71. The number of amides is 1. The first-order valence-corrected chi connectivity index (χ1v) is 7.04. The minimum absolute atomic E-state index is 0.147. The summed E-state index contributed by atoms with van der Waals surface area (Å²) in [4.78, 5) is 16.3. The quantitative estimate of drug-likeness (QED) is 0.899. The average molecular weight is 337 g/mol. The smallest absolute Gasteiger partial charge is 0.295 e. The summed E-state index contributed by atoms with van der Waals surface area (Å²) < 4.78 is 6.06. The second kappa shape index (κ2) is 5.24. The number of H-pyrrole nitrogens is 1. The number of hydrogen-bond donors (Lipinski definition) is 2. The molecule has 20 heavy (non-hydrogen) atoms. The number of aromatic amines is 1. The van der Waals surface area contributed by atoms with Crippen LogP contribution in [-0.2, 0) is 0 Å². The Kier molecular flexibility index (Phi) is 3.43. The lowest BCUT2D eigenvalue weighted by Gasteiger charge is -2.09. The van der Waals surface area contributed by atoms with Crippen LogP contribution in [0.5, 0.6) is 5.75 Å². The Bertz CT molecular complexity index is 652. The van der Waals surface area contributed by atoms with Gasteiger partial charge < -0.3 is 10.1 Å². The summed E-state index contributed by atoms with van der Waals surface area (Å²) in [5.74, 6) is 1.60. The minimum Gasteiger partial charge on any atom is -0.495 e. The number of aromatic nitrogens is 3. The molecule has 1 fully saturated rings. The van der Waals surface area contributed by atoms with Crippen molar-refractivity contribution in [3.63, 3.8) is 0 Å². The Hall–Kier alpha value is -1.89. The van der Waals surface area contributed by atoms with Crippen molar-refractivity contribution < 1.29 is 9.53 Å². The van der Waals surface area contributed by atoms with Gasteiger partial charge in [0.15, 0.2) is 0 Å². The van der Waals surface area contributed by atoms with E-state index < -0.39 is 0 Å². The second-order valence-electron chi connectivity index (χ2n) is 4.62. The van der Waals surface area contributed by atoms with E-state index >= 15 is 0 Å². The van der Waals surface area contributed by atoms with E-state index in [1.54, 1.807) is 19.2 Å². The molecule has 0 unspecified atom stereocenters. The Balaban J connectivity index is 1.79. The number of rotatable bonds is 4. The number of carbonyl (C=O) groups excluding carboxylic acids is 1. The summed E-state index contributed by atoms with van der Waals surface area (Å²) in [6.07, 6.45) is 2.21. The molecule has 2 aromatic rings. The highest BCUT2D eigenvalue weighted by Gasteiger charge is 2.28. The van der Waals surface area contributed by atoms with Gasteiger partial charge in [-0.3, -0.25) is 9.89 Å². The molecule has 1 aliphatic rings. The molecule has 6 nitrogen and oxygen atoms in total. The van der Waals surface area contributed by atoms with E-state index in [-0.39, 0.29) is 11.7 Å². The molecule has 0 bridgehead atoms. The zero-order chi connectivity index (χ0) is 14.1. The summed E-state index contributed by atoms with van der Waals surface area (Å²) in [7, 11) is 1.55. The fourth-order valence-corrected chi connectivity index (χ4v) is 2.23. The zero-order valence-electron chi connectivity index (χ0n) is 10.8. The van der Waals surface area contributed by atoms with Gasteiger partial charge in [0, 0.05) is 10.4 Å². The maximum absolute atomic E-state index is 12.1. The number of nitrogens with one attached hydrogen (secondary N) is 2. The Morgan fingerprint density at radius 1 is 1.50 bits per heavy atom. The third kappa shape index (κ3) is 2.67. The first-order valence-electron chi connectivity index (χ1n) is 6.24. The van der Waals surface area contributed by atoms with Crippen molar-refractivity contribution in [3.05, 3.63) is 34.3 Å². The fourth-order valence-electron chi connectivity index (χ4n) is 1.87. The molecule has 1 aromatic heterocycles.